The number of pyridine rings is 1. The fraction of sp³-hybridized carbons (Fsp3) is 0.300. The van der Waals surface area contributed by atoms with Crippen LogP contribution < -0.4 is 10.3 Å². The summed E-state index contributed by atoms with van der Waals surface area (Å²) in [5.74, 6) is -3.20. The van der Waals surface area contributed by atoms with Crippen molar-refractivity contribution in [3.8, 4) is 16.9 Å². The molecule has 0 spiro atoms. The number of nitrogens with zero attached hydrogens (tertiary/aromatic N) is 3. The molecule has 0 aliphatic carbocycles. The van der Waals surface area contributed by atoms with Gasteiger partial charge in [-0.25, -0.2) is 23.1 Å². The summed E-state index contributed by atoms with van der Waals surface area (Å²) < 4.78 is 48.3. The molecule has 10 heteroatoms. The van der Waals surface area contributed by atoms with Crippen LogP contribution in [0.15, 0.2) is 29.3 Å². The normalized spacial score (nSPS) is 11.7. The SMILES string of the molecule is CC(C)(C)C(=O)Oc1c(-c2c(F)ccc(F)c2Cl)c(=O)n(CCF)c2nccnc12. The molecule has 30 heavy (non-hydrogen) atoms. The molecule has 2 heterocycles. The number of hydrogen-bond donors (Lipinski definition) is 0. The van der Waals surface area contributed by atoms with Crippen LogP contribution in [0.1, 0.15) is 20.8 Å². The smallest absolute Gasteiger partial charge is 0.316 e. The molecule has 0 atom stereocenters. The number of aryl methyl sites for hydroxylation is 1. The van der Waals surface area contributed by atoms with Crippen LogP contribution >= 0.6 is 11.6 Å². The first kappa shape index (κ1) is 21.8. The Bertz CT molecular complexity index is 1210. The van der Waals surface area contributed by atoms with Gasteiger partial charge in [0.15, 0.2) is 11.4 Å². The first-order valence-corrected chi connectivity index (χ1v) is 9.25. The Morgan fingerprint density at radius 2 is 1.77 bits per heavy atom. The Balaban J connectivity index is 2.50. The van der Waals surface area contributed by atoms with Crippen molar-refractivity contribution in [1.29, 1.82) is 0 Å². The van der Waals surface area contributed by atoms with Gasteiger partial charge in [0.05, 0.1) is 22.5 Å². The number of benzene rings is 1. The van der Waals surface area contributed by atoms with Gasteiger partial charge in [0, 0.05) is 18.0 Å². The van der Waals surface area contributed by atoms with Crippen LogP contribution in [0.5, 0.6) is 5.75 Å². The van der Waals surface area contributed by atoms with Crippen molar-refractivity contribution in [2.45, 2.75) is 27.3 Å². The molecule has 0 saturated carbocycles. The van der Waals surface area contributed by atoms with E-state index in [1.165, 1.54) is 12.4 Å². The zero-order valence-corrected chi connectivity index (χ0v) is 17.1. The number of halogens is 4. The van der Waals surface area contributed by atoms with Crippen LogP contribution in [0.3, 0.4) is 0 Å². The third kappa shape index (κ3) is 3.77. The summed E-state index contributed by atoms with van der Waals surface area (Å²) in [5, 5.41) is -0.685. The lowest BCUT2D eigenvalue weighted by Gasteiger charge is -2.20. The Kier molecular flexibility index (Phi) is 5.85. The topological polar surface area (TPSA) is 74.1 Å². The predicted octanol–water partition coefficient (Wildman–Crippen LogP) is 4.31. The zero-order valence-electron chi connectivity index (χ0n) is 16.3. The van der Waals surface area contributed by atoms with Crippen molar-refractivity contribution < 1.29 is 22.7 Å². The fourth-order valence-corrected chi connectivity index (χ4v) is 3.00. The molecule has 0 unspecified atom stereocenters. The Morgan fingerprint density at radius 3 is 2.40 bits per heavy atom. The van der Waals surface area contributed by atoms with Crippen LogP contribution in [0.25, 0.3) is 22.3 Å². The molecule has 1 aromatic carbocycles. The molecule has 0 aliphatic heterocycles. The molecule has 0 aliphatic rings. The lowest BCUT2D eigenvalue weighted by atomic mass is 9.97. The second-order valence-corrected chi connectivity index (χ2v) is 7.81. The minimum Gasteiger partial charge on any atom is -0.423 e. The van der Waals surface area contributed by atoms with Gasteiger partial charge in [0.1, 0.15) is 23.8 Å². The number of esters is 1. The van der Waals surface area contributed by atoms with E-state index in [4.69, 9.17) is 16.3 Å². The molecule has 0 radical (unpaired) electrons. The zero-order chi connectivity index (χ0) is 22.2. The Hall–Kier alpha value is -2.94. The summed E-state index contributed by atoms with van der Waals surface area (Å²) in [5.41, 5.74) is -3.28. The summed E-state index contributed by atoms with van der Waals surface area (Å²) in [6.07, 6.45) is 2.52. The molecule has 6 nitrogen and oxygen atoms in total. The van der Waals surface area contributed by atoms with Crippen molar-refractivity contribution in [2.24, 2.45) is 5.41 Å². The first-order valence-electron chi connectivity index (χ1n) is 8.87. The van der Waals surface area contributed by atoms with Gasteiger partial charge < -0.3 is 4.74 Å². The standard InChI is InChI=1S/C20H17ClF3N3O3/c1-20(2,3)19(29)30-16-13(12-10(23)4-5-11(24)14(12)21)18(28)27(9-6-22)17-15(16)25-7-8-26-17/h4-5,7-8H,6,9H2,1-3H3. The third-order valence-electron chi connectivity index (χ3n) is 4.24. The van der Waals surface area contributed by atoms with Crippen LogP contribution in [-0.2, 0) is 11.3 Å². The highest BCUT2D eigenvalue weighted by Crippen LogP contribution is 2.39. The van der Waals surface area contributed by atoms with Gasteiger partial charge in [-0.3, -0.25) is 14.2 Å². The van der Waals surface area contributed by atoms with E-state index >= 15 is 0 Å². The number of ether oxygens (including phenoxy) is 1. The second-order valence-electron chi connectivity index (χ2n) is 7.44. The average molecular weight is 440 g/mol. The molecular formula is C20H17ClF3N3O3. The monoisotopic (exact) mass is 439 g/mol. The van der Waals surface area contributed by atoms with E-state index in [0.29, 0.717) is 0 Å². The third-order valence-corrected chi connectivity index (χ3v) is 4.61. The van der Waals surface area contributed by atoms with Gasteiger partial charge >= 0.3 is 5.97 Å². The minimum absolute atomic E-state index is 0.0754. The predicted molar refractivity (Wildman–Crippen MR) is 105 cm³/mol. The molecule has 0 fully saturated rings. The van der Waals surface area contributed by atoms with Crippen molar-refractivity contribution >= 4 is 28.7 Å². The maximum absolute atomic E-state index is 14.7. The highest BCUT2D eigenvalue weighted by molar-refractivity contribution is 6.33. The van der Waals surface area contributed by atoms with Gasteiger partial charge in [-0.05, 0) is 32.9 Å². The molecular weight excluding hydrogens is 423 g/mol. The molecule has 0 N–H and O–H groups in total. The highest BCUT2D eigenvalue weighted by Gasteiger charge is 2.31. The minimum atomic E-state index is -1.03. The quantitative estimate of drug-likeness (QED) is 0.447. The summed E-state index contributed by atoms with van der Waals surface area (Å²) in [6, 6.07) is 1.58. The fourth-order valence-electron chi connectivity index (χ4n) is 2.75. The summed E-state index contributed by atoms with van der Waals surface area (Å²) in [7, 11) is 0. The number of carbonyl (C=O) groups excluding carboxylic acids is 1. The number of hydrogen-bond acceptors (Lipinski definition) is 5. The second kappa shape index (κ2) is 8.06. The van der Waals surface area contributed by atoms with E-state index in [1.54, 1.807) is 20.8 Å². The number of aromatic nitrogens is 3. The van der Waals surface area contributed by atoms with Gasteiger partial charge in [0.25, 0.3) is 5.56 Å². The highest BCUT2D eigenvalue weighted by atomic mass is 35.5. The maximum atomic E-state index is 14.7. The maximum Gasteiger partial charge on any atom is 0.316 e. The van der Waals surface area contributed by atoms with Crippen molar-refractivity contribution in [3.63, 3.8) is 0 Å². The van der Waals surface area contributed by atoms with E-state index in [9.17, 15) is 22.8 Å². The van der Waals surface area contributed by atoms with Crippen LogP contribution in [0.4, 0.5) is 13.2 Å². The molecule has 2 aromatic heterocycles. The van der Waals surface area contributed by atoms with Crippen molar-refractivity contribution in [3.05, 3.63) is 51.5 Å². The molecule has 0 amide bonds. The van der Waals surface area contributed by atoms with Crippen molar-refractivity contribution in [1.82, 2.24) is 14.5 Å². The number of carbonyl (C=O) groups is 1. The number of fused-ring (bicyclic) bond motifs is 1. The summed E-state index contributed by atoms with van der Waals surface area (Å²) in [6.45, 7) is 3.35. The molecule has 158 valence electrons. The average Bonchev–Trinajstić information content (AvgIpc) is 2.69. The number of rotatable bonds is 4. The first-order chi connectivity index (χ1) is 14.1. The van der Waals surface area contributed by atoms with Crippen molar-refractivity contribution in [2.75, 3.05) is 6.67 Å². The van der Waals surface area contributed by atoms with Gasteiger partial charge in [-0.2, -0.15) is 0 Å². The van der Waals surface area contributed by atoms with Gasteiger partial charge in [-0.1, -0.05) is 11.6 Å². The summed E-state index contributed by atoms with van der Waals surface area (Å²) >= 11 is 5.97. The van der Waals surface area contributed by atoms with E-state index in [1.807, 2.05) is 0 Å². The molecule has 0 bridgehead atoms. The van der Waals surface area contributed by atoms with E-state index in [0.717, 1.165) is 16.7 Å². The molecule has 3 aromatic rings. The van der Waals surface area contributed by atoms with Crippen LogP contribution in [-0.4, -0.2) is 27.2 Å². The van der Waals surface area contributed by atoms with E-state index in [2.05, 4.69) is 9.97 Å². The Labute approximate surface area is 174 Å². The lowest BCUT2D eigenvalue weighted by Crippen LogP contribution is -2.29. The lowest BCUT2D eigenvalue weighted by molar-refractivity contribution is -0.142. The van der Waals surface area contributed by atoms with E-state index in [-0.39, 0.29) is 11.2 Å². The van der Waals surface area contributed by atoms with Crippen LogP contribution in [0, 0.1) is 17.0 Å². The molecule has 3 rings (SSSR count). The Morgan fingerprint density at radius 1 is 1.13 bits per heavy atom. The number of alkyl halides is 1. The molecule has 0 saturated heterocycles. The largest absolute Gasteiger partial charge is 0.423 e. The van der Waals surface area contributed by atoms with E-state index < -0.39 is 63.7 Å². The van der Waals surface area contributed by atoms with Crippen LogP contribution in [0.2, 0.25) is 5.02 Å². The van der Waals surface area contributed by atoms with Gasteiger partial charge in [-0.15, -0.1) is 0 Å². The van der Waals surface area contributed by atoms with Gasteiger partial charge in [0.2, 0.25) is 0 Å². The summed E-state index contributed by atoms with van der Waals surface area (Å²) in [4.78, 5) is 33.9.